The first kappa shape index (κ1) is 16.8. The van der Waals surface area contributed by atoms with Gasteiger partial charge in [-0.2, -0.15) is 0 Å². The summed E-state index contributed by atoms with van der Waals surface area (Å²) in [5.41, 5.74) is 2.07. The van der Waals surface area contributed by atoms with Gasteiger partial charge in [0.2, 0.25) is 0 Å². The normalized spacial score (nSPS) is 11.0. The van der Waals surface area contributed by atoms with Gasteiger partial charge in [-0.1, -0.05) is 41.7 Å². The first-order valence-corrected chi connectivity index (χ1v) is 8.07. The summed E-state index contributed by atoms with van der Waals surface area (Å²) in [6.07, 6.45) is 0.843. The molecule has 3 aromatic rings. The second-order valence-electron chi connectivity index (χ2n) is 4.92. The molecule has 0 saturated carbocycles. The summed E-state index contributed by atoms with van der Waals surface area (Å²) in [4.78, 5) is 19.9. The van der Waals surface area contributed by atoms with E-state index in [1.54, 1.807) is 22.6 Å². The smallest absolute Gasteiger partial charge is 0.410 e. The third-order valence-corrected chi connectivity index (χ3v) is 4.13. The van der Waals surface area contributed by atoms with Crippen LogP contribution in [0.15, 0.2) is 24.4 Å². The number of amides is 1. The highest BCUT2D eigenvalue weighted by atomic mass is 35.5. The molecular weight excluding hydrogens is 375 g/mol. The van der Waals surface area contributed by atoms with Crippen LogP contribution in [-0.2, 0) is 6.42 Å². The Labute approximate surface area is 152 Å². The van der Waals surface area contributed by atoms with Gasteiger partial charge in [0.15, 0.2) is 5.65 Å². The molecule has 0 bridgehead atoms. The molecule has 0 aliphatic heterocycles. The Bertz CT molecular complexity index is 956. The van der Waals surface area contributed by atoms with Gasteiger partial charge in [-0.15, -0.1) is 0 Å². The zero-order valence-electron chi connectivity index (χ0n) is 12.3. The van der Waals surface area contributed by atoms with Crippen LogP contribution in [0.1, 0.15) is 12.6 Å². The van der Waals surface area contributed by atoms with Crippen LogP contribution in [0.4, 0.5) is 10.6 Å². The first-order valence-electron chi connectivity index (χ1n) is 6.93. The predicted octanol–water partition coefficient (Wildman–Crippen LogP) is 5.01. The Kier molecular flexibility index (Phi) is 4.54. The van der Waals surface area contributed by atoms with E-state index in [9.17, 15) is 4.79 Å². The lowest BCUT2D eigenvalue weighted by Crippen LogP contribution is -2.11. The second-order valence-corrected chi connectivity index (χ2v) is 6.15. The summed E-state index contributed by atoms with van der Waals surface area (Å²) in [5, 5.41) is 12.5. The number of nitrogens with one attached hydrogen (secondary N) is 1. The fraction of sp³-hybridized carbons (Fsp3) is 0.133. The van der Waals surface area contributed by atoms with Gasteiger partial charge in [0.05, 0.1) is 10.7 Å². The number of carbonyl (C=O) groups is 1. The number of nitrogens with zero attached hydrogens (tertiary/aromatic N) is 3. The van der Waals surface area contributed by atoms with Gasteiger partial charge < -0.3 is 5.11 Å². The summed E-state index contributed by atoms with van der Waals surface area (Å²) in [6.45, 7) is 1.87. The summed E-state index contributed by atoms with van der Waals surface area (Å²) < 4.78 is 1.56. The molecule has 0 radical (unpaired) electrons. The maximum Gasteiger partial charge on any atom is 0.410 e. The molecule has 124 valence electrons. The van der Waals surface area contributed by atoms with Crippen molar-refractivity contribution in [1.82, 2.24) is 14.4 Å². The number of rotatable bonds is 3. The molecule has 0 atom stereocenters. The minimum atomic E-state index is -1.19. The maximum absolute atomic E-state index is 11.1. The summed E-state index contributed by atoms with van der Waals surface area (Å²) in [7, 11) is 0. The molecule has 2 heterocycles. The van der Waals surface area contributed by atoms with Crippen molar-refractivity contribution in [2.45, 2.75) is 13.3 Å². The monoisotopic (exact) mass is 384 g/mol. The largest absolute Gasteiger partial charge is 0.465 e. The number of fused-ring (bicyclic) bond motifs is 1. The third kappa shape index (κ3) is 3.00. The van der Waals surface area contributed by atoms with Gasteiger partial charge in [-0.3, -0.25) is 9.72 Å². The number of carboxylic acid groups (broad SMARTS) is 1. The van der Waals surface area contributed by atoms with Crippen molar-refractivity contribution >= 4 is 52.4 Å². The van der Waals surface area contributed by atoms with E-state index >= 15 is 0 Å². The van der Waals surface area contributed by atoms with Crippen LogP contribution in [0, 0.1) is 0 Å². The number of aromatic nitrogens is 3. The van der Waals surface area contributed by atoms with Crippen LogP contribution in [0.2, 0.25) is 15.2 Å². The van der Waals surface area contributed by atoms with Gasteiger partial charge in [0.25, 0.3) is 0 Å². The van der Waals surface area contributed by atoms with Crippen LogP contribution in [0.5, 0.6) is 0 Å². The molecule has 0 unspecified atom stereocenters. The topological polar surface area (TPSA) is 79.5 Å². The fourth-order valence-corrected chi connectivity index (χ4v) is 3.09. The van der Waals surface area contributed by atoms with Crippen LogP contribution < -0.4 is 5.32 Å². The Morgan fingerprint density at radius 3 is 2.67 bits per heavy atom. The SMILES string of the molecule is CCc1nc2c(-c3ccc(Cl)cc3Cl)nc(Cl)cn2c1NC(=O)O. The number of anilines is 1. The molecule has 0 fully saturated rings. The van der Waals surface area contributed by atoms with Gasteiger partial charge in [0.1, 0.15) is 16.7 Å². The lowest BCUT2D eigenvalue weighted by atomic mass is 10.1. The Morgan fingerprint density at radius 2 is 2.04 bits per heavy atom. The third-order valence-electron chi connectivity index (χ3n) is 3.40. The second kappa shape index (κ2) is 6.47. The zero-order valence-corrected chi connectivity index (χ0v) is 14.6. The quantitative estimate of drug-likeness (QED) is 0.664. The predicted molar refractivity (Wildman–Crippen MR) is 94.5 cm³/mol. The molecule has 2 N–H and O–H groups in total. The number of benzene rings is 1. The molecule has 0 aliphatic carbocycles. The Balaban J connectivity index is 2.33. The highest BCUT2D eigenvalue weighted by molar-refractivity contribution is 6.36. The van der Waals surface area contributed by atoms with Crippen LogP contribution in [-0.4, -0.2) is 25.6 Å². The maximum atomic E-state index is 11.1. The highest BCUT2D eigenvalue weighted by Gasteiger charge is 2.19. The van der Waals surface area contributed by atoms with Crippen molar-refractivity contribution in [3.63, 3.8) is 0 Å². The van der Waals surface area contributed by atoms with E-state index in [4.69, 9.17) is 39.9 Å². The summed E-state index contributed by atoms with van der Waals surface area (Å²) in [6, 6.07) is 4.99. The molecule has 0 spiro atoms. The summed E-state index contributed by atoms with van der Waals surface area (Å²) in [5.74, 6) is 0.329. The zero-order chi connectivity index (χ0) is 17.4. The van der Waals surface area contributed by atoms with E-state index in [1.807, 2.05) is 6.92 Å². The summed E-state index contributed by atoms with van der Waals surface area (Å²) >= 11 is 18.3. The van der Waals surface area contributed by atoms with Gasteiger partial charge in [-0.25, -0.2) is 14.8 Å². The van der Waals surface area contributed by atoms with E-state index in [2.05, 4.69) is 15.3 Å². The fourth-order valence-electron chi connectivity index (χ4n) is 2.41. The van der Waals surface area contributed by atoms with Crippen LogP contribution in [0.3, 0.4) is 0 Å². The molecule has 9 heteroatoms. The first-order chi connectivity index (χ1) is 11.4. The standard InChI is InChI=1S/C15H11Cl3N4O2/c1-2-10-13(21-15(23)24)22-6-11(18)20-12(14(22)19-10)8-4-3-7(16)5-9(8)17/h3-6,21H,2H2,1H3,(H,23,24). The average molecular weight is 386 g/mol. The molecule has 1 aromatic carbocycles. The van der Waals surface area contributed by atoms with Crippen molar-refractivity contribution in [2.24, 2.45) is 0 Å². The van der Waals surface area contributed by atoms with Gasteiger partial charge >= 0.3 is 6.09 Å². The molecule has 3 rings (SSSR count). The van der Waals surface area contributed by atoms with Crippen molar-refractivity contribution in [3.05, 3.63) is 45.3 Å². The van der Waals surface area contributed by atoms with Crippen molar-refractivity contribution in [1.29, 1.82) is 0 Å². The van der Waals surface area contributed by atoms with E-state index < -0.39 is 6.09 Å². The Hall–Kier alpha value is -2.02. The van der Waals surface area contributed by atoms with Crippen LogP contribution in [0.25, 0.3) is 16.9 Å². The van der Waals surface area contributed by atoms with E-state index in [-0.39, 0.29) is 5.15 Å². The van der Waals surface area contributed by atoms with Gasteiger partial charge in [0, 0.05) is 16.8 Å². The van der Waals surface area contributed by atoms with Crippen molar-refractivity contribution in [2.75, 3.05) is 5.32 Å². The molecule has 0 saturated heterocycles. The van der Waals surface area contributed by atoms with Crippen molar-refractivity contribution < 1.29 is 9.90 Å². The minimum absolute atomic E-state index is 0.178. The van der Waals surface area contributed by atoms with Gasteiger partial charge in [-0.05, 0) is 24.6 Å². The molecular formula is C15H11Cl3N4O2. The van der Waals surface area contributed by atoms with E-state index in [0.29, 0.717) is 44.9 Å². The van der Waals surface area contributed by atoms with Crippen LogP contribution >= 0.6 is 34.8 Å². The molecule has 2 aromatic heterocycles. The lowest BCUT2D eigenvalue weighted by Gasteiger charge is -2.08. The Morgan fingerprint density at radius 1 is 1.29 bits per heavy atom. The number of hydrogen-bond acceptors (Lipinski definition) is 3. The highest BCUT2D eigenvalue weighted by Crippen LogP contribution is 2.34. The lowest BCUT2D eigenvalue weighted by molar-refractivity contribution is 0.209. The molecule has 1 amide bonds. The molecule has 6 nitrogen and oxygen atoms in total. The van der Waals surface area contributed by atoms with Crippen molar-refractivity contribution in [3.8, 4) is 11.3 Å². The number of hydrogen-bond donors (Lipinski definition) is 2. The average Bonchev–Trinajstić information content (AvgIpc) is 2.84. The number of aryl methyl sites for hydroxylation is 1. The van der Waals surface area contributed by atoms with E-state index in [1.165, 1.54) is 6.20 Å². The molecule has 0 aliphatic rings. The van der Waals surface area contributed by atoms with E-state index in [0.717, 1.165) is 0 Å². The molecule has 24 heavy (non-hydrogen) atoms. The number of halogens is 3. The number of imidazole rings is 1. The minimum Gasteiger partial charge on any atom is -0.465 e.